The van der Waals surface area contributed by atoms with Crippen LogP contribution < -0.4 is 14.2 Å². The van der Waals surface area contributed by atoms with Crippen molar-refractivity contribution in [2.24, 2.45) is 0 Å². The molecule has 35 heavy (non-hydrogen) atoms. The molecule has 0 radical (unpaired) electrons. The Kier molecular flexibility index (Phi) is 17.2. The third-order valence-electron chi connectivity index (χ3n) is 5.88. The van der Waals surface area contributed by atoms with Gasteiger partial charge in [0.25, 0.3) is 0 Å². The second-order valence-corrected chi connectivity index (χ2v) is 8.95. The highest BCUT2D eigenvalue weighted by Crippen LogP contribution is 2.39. The summed E-state index contributed by atoms with van der Waals surface area (Å²) in [5.41, 5.74) is 0.669. The molecule has 0 aliphatic carbocycles. The van der Waals surface area contributed by atoms with Crippen molar-refractivity contribution in [3.63, 3.8) is 0 Å². The van der Waals surface area contributed by atoms with E-state index in [2.05, 4.69) is 6.92 Å². The SMILES string of the molecule is CCCCCCCCCCCCCCCCOC(=O)C=Cc1cc(OC)c(OC(C)=O)c(OC)c1. The first-order chi connectivity index (χ1) is 17.0. The Balaban J connectivity index is 2.17. The molecule has 0 bridgehead atoms. The van der Waals surface area contributed by atoms with E-state index in [-0.39, 0.29) is 11.7 Å². The van der Waals surface area contributed by atoms with E-state index in [0.717, 1.165) is 12.8 Å². The molecule has 0 fully saturated rings. The maximum atomic E-state index is 12.0. The van der Waals surface area contributed by atoms with E-state index in [4.69, 9.17) is 18.9 Å². The van der Waals surface area contributed by atoms with Crippen LogP contribution >= 0.6 is 0 Å². The molecule has 198 valence electrons. The molecule has 0 spiro atoms. The van der Waals surface area contributed by atoms with Gasteiger partial charge in [-0.3, -0.25) is 4.79 Å². The Morgan fingerprint density at radius 2 is 1.20 bits per heavy atom. The summed E-state index contributed by atoms with van der Waals surface area (Å²) in [4.78, 5) is 23.4. The summed E-state index contributed by atoms with van der Waals surface area (Å²) in [7, 11) is 2.94. The summed E-state index contributed by atoms with van der Waals surface area (Å²) in [5.74, 6) is 0.0311. The zero-order valence-corrected chi connectivity index (χ0v) is 22.4. The monoisotopic (exact) mass is 490 g/mol. The van der Waals surface area contributed by atoms with Gasteiger partial charge in [-0.05, 0) is 30.2 Å². The molecule has 0 N–H and O–H groups in total. The lowest BCUT2D eigenvalue weighted by atomic mass is 10.0. The van der Waals surface area contributed by atoms with Crippen molar-refractivity contribution in [2.45, 2.75) is 104 Å². The average Bonchev–Trinajstić information content (AvgIpc) is 2.85. The molecular formula is C29H46O6. The number of esters is 2. The molecule has 1 aromatic rings. The minimum absolute atomic E-state index is 0.208. The summed E-state index contributed by atoms with van der Waals surface area (Å²) in [6.07, 6.45) is 21.1. The van der Waals surface area contributed by atoms with Gasteiger partial charge >= 0.3 is 11.9 Å². The van der Waals surface area contributed by atoms with Gasteiger partial charge < -0.3 is 18.9 Å². The van der Waals surface area contributed by atoms with Crippen molar-refractivity contribution < 1.29 is 28.5 Å². The molecular weight excluding hydrogens is 444 g/mol. The fraction of sp³-hybridized carbons (Fsp3) is 0.655. The molecule has 1 aromatic carbocycles. The van der Waals surface area contributed by atoms with Gasteiger partial charge in [-0.1, -0.05) is 90.4 Å². The highest BCUT2D eigenvalue weighted by Gasteiger charge is 2.15. The molecule has 0 atom stereocenters. The normalized spacial score (nSPS) is 11.0. The van der Waals surface area contributed by atoms with Crippen molar-refractivity contribution in [3.05, 3.63) is 23.8 Å². The molecule has 0 aromatic heterocycles. The predicted octanol–water partition coefficient (Wildman–Crippen LogP) is 7.67. The van der Waals surface area contributed by atoms with Crippen LogP contribution in [0.4, 0.5) is 0 Å². The van der Waals surface area contributed by atoms with Gasteiger partial charge in [0.2, 0.25) is 5.75 Å². The van der Waals surface area contributed by atoms with Crippen molar-refractivity contribution in [1.29, 1.82) is 0 Å². The number of rotatable bonds is 20. The van der Waals surface area contributed by atoms with Crippen LogP contribution in [0.25, 0.3) is 6.08 Å². The van der Waals surface area contributed by atoms with E-state index in [1.54, 1.807) is 18.2 Å². The summed E-state index contributed by atoms with van der Waals surface area (Å²) >= 11 is 0. The molecule has 0 saturated heterocycles. The van der Waals surface area contributed by atoms with Gasteiger partial charge in [0.15, 0.2) is 11.5 Å². The van der Waals surface area contributed by atoms with Gasteiger partial charge in [-0.2, -0.15) is 0 Å². The van der Waals surface area contributed by atoms with E-state index < -0.39 is 5.97 Å². The second kappa shape index (κ2) is 19.8. The molecule has 1 rings (SSSR count). The Morgan fingerprint density at radius 1 is 0.743 bits per heavy atom. The lowest BCUT2D eigenvalue weighted by Crippen LogP contribution is -2.05. The lowest BCUT2D eigenvalue weighted by Gasteiger charge is -2.13. The van der Waals surface area contributed by atoms with Crippen molar-refractivity contribution in [3.8, 4) is 17.2 Å². The molecule has 6 nitrogen and oxygen atoms in total. The Morgan fingerprint density at radius 3 is 1.63 bits per heavy atom. The van der Waals surface area contributed by atoms with Crippen LogP contribution in [0.2, 0.25) is 0 Å². The average molecular weight is 491 g/mol. The van der Waals surface area contributed by atoms with Crippen LogP contribution in [0.3, 0.4) is 0 Å². The van der Waals surface area contributed by atoms with E-state index in [9.17, 15) is 9.59 Å². The number of carbonyl (C=O) groups is 2. The van der Waals surface area contributed by atoms with E-state index in [0.29, 0.717) is 23.7 Å². The van der Waals surface area contributed by atoms with Crippen LogP contribution in [-0.2, 0) is 14.3 Å². The molecule has 0 heterocycles. The quantitative estimate of drug-likeness (QED) is 0.0808. The molecule has 0 amide bonds. The summed E-state index contributed by atoms with van der Waals surface area (Å²) in [6.45, 7) is 4.00. The van der Waals surface area contributed by atoms with Crippen LogP contribution in [0.1, 0.15) is 109 Å². The van der Waals surface area contributed by atoms with Crippen molar-refractivity contribution >= 4 is 18.0 Å². The first-order valence-corrected chi connectivity index (χ1v) is 13.3. The first kappa shape index (κ1) is 30.5. The van der Waals surface area contributed by atoms with Gasteiger partial charge in [-0.15, -0.1) is 0 Å². The topological polar surface area (TPSA) is 71.1 Å². The zero-order valence-electron chi connectivity index (χ0n) is 22.4. The van der Waals surface area contributed by atoms with Gasteiger partial charge in [0.1, 0.15) is 0 Å². The number of hydrogen-bond acceptors (Lipinski definition) is 6. The minimum Gasteiger partial charge on any atom is -0.493 e. The minimum atomic E-state index is -0.475. The standard InChI is InChI=1S/C29H46O6/c1-5-6-7-8-9-10-11-12-13-14-15-16-17-18-21-34-28(31)20-19-25-22-26(32-3)29(35-24(2)30)27(23-25)33-4/h19-20,22-23H,5-18,21H2,1-4H3. The van der Waals surface area contributed by atoms with Crippen molar-refractivity contribution in [2.75, 3.05) is 20.8 Å². The largest absolute Gasteiger partial charge is 0.493 e. The maximum absolute atomic E-state index is 12.0. The van der Waals surface area contributed by atoms with Gasteiger partial charge in [-0.25, -0.2) is 4.79 Å². The molecule has 6 heteroatoms. The Labute approximate surface area is 212 Å². The summed E-state index contributed by atoms with van der Waals surface area (Å²) in [5, 5.41) is 0. The fourth-order valence-corrected chi connectivity index (χ4v) is 3.92. The van der Waals surface area contributed by atoms with E-state index >= 15 is 0 Å². The van der Waals surface area contributed by atoms with E-state index in [1.807, 2.05) is 0 Å². The third-order valence-corrected chi connectivity index (χ3v) is 5.88. The number of carbonyl (C=O) groups excluding carboxylic acids is 2. The summed E-state index contributed by atoms with van der Waals surface area (Å²) < 4.78 is 21.1. The summed E-state index contributed by atoms with van der Waals surface area (Å²) in [6, 6.07) is 3.33. The van der Waals surface area contributed by atoms with Crippen LogP contribution in [-0.4, -0.2) is 32.8 Å². The maximum Gasteiger partial charge on any atom is 0.330 e. The fourth-order valence-electron chi connectivity index (χ4n) is 3.92. The van der Waals surface area contributed by atoms with Crippen LogP contribution in [0.15, 0.2) is 18.2 Å². The van der Waals surface area contributed by atoms with Crippen molar-refractivity contribution in [1.82, 2.24) is 0 Å². The number of unbranched alkanes of at least 4 members (excludes halogenated alkanes) is 13. The van der Waals surface area contributed by atoms with Crippen LogP contribution in [0, 0.1) is 0 Å². The van der Waals surface area contributed by atoms with E-state index in [1.165, 1.54) is 104 Å². The first-order valence-electron chi connectivity index (χ1n) is 13.3. The van der Waals surface area contributed by atoms with Gasteiger partial charge in [0, 0.05) is 13.0 Å². The Hall–Kier alpha value is -2.50. The van der Waals surface area contributed by atoms with Crippen LogP contribution in [0.5, 0.6) is 17.2 Å². The smallest absolute Gasteiger partial charge is 0.330 e. The zero-order chi connectivity index (χ0) is 25.7. The second-order valence-electron chi connectivity index (χ2n) is 8.95. The highest BCUT2D eigenvalue weighted by atomic mass is 16.6. The molecule has 0 saturated carbocycles. The number of methoxy groups -OCH3 is 2. The third kappa shape index (κ3) is 14.5. The molecule has 0 unspecified atom stereocenters. The molecule has 0 aliphatic rings. The predicted molar refractivity (Wildman–Crippen MR) is 141 cm³/mol. The number of ether oxygens (including phenoxy) is 4. The Bertz CT molecular complexity index is 731. The highest BCUT2D eigenvalue weighted by molar-refractivity contribution is 5.87. The van der Waals surface area contributed by atoms with Gasteiger partial charge in [0.05, 0.1) is 20.8 Å². The number of benzene rings is 1. The number of hydrogen-bond donors (Lipinski definition) is 0. The lowest BCUT2D eigenvalue weighted by molar-refractivity contribution is -0.137. The molecule has 0 aliphatic heterocycles.